The van der Waals surface area contributed by atoms with Gasteiger partial charge < -0.3 is 24.8 Å². The van der Waals surface area contributed by atoms with Crippen molar-refractivity contribution < 1.29 is 14.2 Å². The molecule has 0 bridgehead atoms. The molecule has 0 aliphatic carbocycles. The van der Waals surface area contributed by atoms with Crippen molar-refractivity contribution in [2.75, 3.05) is 47.2 Å². The lowest BCUT2D eigenvalue weighted by Crippen LogP contribution is -2.45. The molecule has 1 aromatic rings. The number of guanidine groups is 1. The molecule has 1 aromatic carbocycles. The van der Waals surface area contributed by atoms with Crippen LogP contribution in [0.5, 0.6) is 11.5 Å². The number of nitrogens with zero attached hydrogens (tertiary/aromatic N) is 2. The summed E-state index contributed by atoms with van der Waals surface area (Å²) in [6.07, 6.45) is 2.47. The van der Waals surface area contributed by atoms with Gasteiger partial charge in [0.1, 0.15) is 0 Å². The molecule has 0 spiro atoms. The minimum absolute atomic E-state index is 0.302. The van der Waals surface area contributed by atoms with E-state index in [1.807, 2.05) is 18.2 Å². The van der Waals surface area contributed by atoms with Crippen molar-refractivity contribution in [3.05, 3.63) is 23.8 Å². The van der Waals surface area contributed by atoms with E-state index in [2.05, 4.69) is 20.5 Å². The maximum atomic E-state index is 5.42. The van der Waals surface area contributed by atoms with E-state index in [0.29, 0.717) is 19.4 Å². The van der Waals surface area contributed by atoms with Crippen molar-refractivity contribution in [2.24, 2.45) is 4.99 Å². The topological polar surface area (TPSA) is 67.4 Å². The second-order valence-corrected chi connectivity index (χ2v) is 6.32. The molecule has 1 saturated heterocycles. The molecule has 138 valence electrons. The molecular weight excluding hydrogens is 320 g/mol. The van der Waals surface area contributed by atoms with E-state index in [4.69, 9.17) is 14.2 Å². The Labute approximate surface area is 149 Å². The number of aliphatic imine (C=N–C) groups is 1. The molecule has 0 aromatic heterocycles. The number of likely N-dealkylation sites (tertiary alicyclic amines) is 1. The highest BCUT2D eigenvalue weighted by atomic mass is 16.7. The Balaban J connectivity index is 1.45. The molecule has 0 amide bonds. The maximum Gasteiger partial charge on any atom is 0.231 e. The monoisotopic (exact) mass is 348 g/mol. The molecule has 2 heterocycles. The van der Waals surface area contributed by atoms with Crippen LogP contribution in [0.4, 0.5) is 0 Å². The minimum atomic E-state index is 0.302. The lowest BCUT2D eigenvalue weighted by Gasteiger charge is -2.25. The number of hydrogen-bond acceptors (Lipinski definition) is 5. The number of ether oxygens (including phenoxy) is 3. The molecule has 25 heavy (non-hydrogen) atoms. The highest BCUT2D eigenvalue weighted by molar-refractivity contribution is 5.79. The summed E-state index contributed by atoms with van der Waals surface area (Å²) >= 11 is 0. The standard InChI is InChI=1S/C18H28N4O3/c1-19-18(21-12-15-4-3-7-22(15)8-9-23-2)20-11-14-5-6-16-17(10-14)25-13-24-16/h5-6,10,15H,3-4,7-9,11-13H2,1-2H3,(H2,19,20,21). The Kier molecular flexibility index (Phi) is 6.36. The van der Waals surface area contributed by atoms with Gasteiger partial charge in [-0.2, -0.15) is 0 Å². The zero-order valence-electron chi connectivity index (χ0n) is 15.1. The number of nitrogens with one attached hydrogen (secondary N) is 2. The van der Waals surface area contributed by atoms with Crippen molar-refractivity contribution in [1.82, 2.24) is 15.5 Å². The Bertz CT molecular complexity index is 594. The third-order valence-corrected chi connectivity index (χ3v) is 4.71. The lowest BCUT2D eigenvalue weighted by molar-refractivity contribution is 0.141. The van der Waals surface area contributed by atoms with Crippen LogP contribution in [-0.4, -0.2) is 64.1 Å². The molecule has 7 nitrogen and oxygen atoms in total. The lowest BCUT2D eigenvalue weighted by atomic mass is 10.2. The molecule has 2 aliphatic rings. The van der Waals surface area contributed by atoms with Gasteiger partial charge in [0.2, 0.25) is 6.79 Å². The van der Waals surface area contributed by atoms with Gasteiger partial charge in [0.25, 0.3) is 0 Å². The van der Waals surface area contributed by atoms with Gasteiger partial charge in [-0.25, -0.2) is 0 Å². The van der Waals surface area contributed by atoms with Crippen LogP contribution in [0, 0.1) is 0 Å². The normalized spacial score (nSPS) is 20.1. The molecule has 2 N–H and O–H groups in total. The van der Waals surface area contributed by atoms with E-state index < -0.39 is 0 Å². The molecule has 1 fully saturated rings. The Morgan fingerprint density at radius 3 is 3.04 bits per heavy atom. The first kappa shape index (κ1) is 17.8. The van der Waals surface area contributed by atoms with Crippen molar-refractivity contribution in [2.45, 2.75) is 25.4 Å². The van der Waals surface area contributed by atoms with Gasteiger partial charge in [-0.15, -0.1) is 0 Å². The fourth-order valence-corrected chi connectivity index (χ4v) is 3.30. The van der Waals surface area contributed by atoms with Gasteiger partial charge in [0.05, 0.1) is 6.61 Å². The number of rotatable bonds is 7. The van der Waals surface area contributed by atoms with E-state index in [0.717, 1.165) is 49.3 Å². The summed E-state index contributed by atoms with van der Waals surface area (Å²) < 4.78 is 16.0. The van der Waals surface area contributed by atoms with E-state index in [1.165, 1.54) is 12.8 Å². The van der Waals surface area contributed by atoms with Gasteiger partial charge in [-0.3, -0.25) is 9.89 Å². The molecule has 0 radical (unpaired) electrons. The first-order valence-corrected chi connectivity index (χ1v) is 8.86. The number of benzene rings is 1. The quantitative estimate of drug-likeness (QED) is 0.570. The van der Waals surface area contributed by atoms with Gasteiger partial charge >= 0.3 is 0 Å². The first-order valence-electron chi connectivity index (χ1n) is 8.86. The Hall–Kier alpha value is -1.99. The Morgan fingerprint density at radius 2 is 2.20 bits per heavy atom. The van der Waals surface area contributed by atoms with Crippen molar-refractivity contribution >= 4 is 5.96 Å². The van der Waals surface area contributed by atoms with Crippen LogP contribution in [0.1, 0.15) is 18.4 Å². The fraction of sp³-hybridized carbons (Fsp3) is 0.611. The Morgan fingerprint density at radius 1 is 1.32 bits per heavy atom. The SMILES string of the molecule is CN=C(NCc1ccc2c(c1)OCO2)NCC1CCCN1CCOC. The van der Waals surface area contributed by atoms with Gasteiger partial charge in [-0.1, -0.05) is 6.07 Å². The zero-order valence-corrected chi connectivity index (χ0v) is 15.1. The molecule has 3 rings (SSSR count). The van der Waals surface area contributed by atoms with Crippen LogP contribution in [0.15, 0.2) is 23.2 Å². The molecule has 2 aliphatic heterocycles. The first-order chi connectivity index (χ1) is 12.3. The average Bonchev–Trinajstić information content (AvgIpc) is 3.28. The minimum Gasteiger partial charge on any atom is -0.454 e. The van der Waals surface area contributed by atoms with Crippen molar-refractivity contribution in [3.63, 3.8) is 0 Å². The van der Waals surface area contributed by atoms with Crippen molar-refractivity contribution in [1.29, 1.82) is 0 Å². The largest absolute Gasteiger partial charge is 0.454 e. The zero-order chi connectivity index (χ0) is 17.5. The molecule has 1 atom stereocenters. The third-order valence-electron chi connectivity index (χ3n) is 4.71. The number of methoxy groups -OCH3 is 1. The molecule has 0 saturated carbocycles. The van der Waals surface area contributed by atoms with Crippen molar-refractivity contribution in [3.8, 4) is 11.5 Å². The summed E-state index contributed by atoms with van der Waals surface area (Å²) in [4.78, 5) is 6.81. The second kappa shape index (κ2) is 8.92. The predicted octanol–water partition coefficient (Wildman–Crippen LogP) is 1.19. The molecular formula is C18H28N4O3. The summed E-state index contributed by atoms with van der Waals surface area (Å²) in [5, 5.41) is 6.80. The van der Waals surface area contributed by atoms with Gasteiger partial charge in [0, 0.05) is 39.8 Å². The molecule has 7 heteroatoms. The summed E-state index contributed by atoms with van der Waals surface area (Å²) in [7, 11) is 3.55. The van der Waals surface area contributed by atoms with Crippen LogP contribution >= 0.6 is 0 Å². The smallest absolute Gasteiger partial charge is 0.231 e. The average molecular weight is 348 g/mol. The molecule has 1 unspecified atom stereocenters. The van der Waals surface area contributed by atoms with Gasteiger partial charge in [-0.05, 0) is 37.1 Å². The summed E-state index contributed by atoms with van der Waals surface area (Å²) in [6, 6.07) is 6.53. The fourth-order valence-electron chi connectivity index (χ4n) is 3.30. The highest BCUT2D eigenvalue weighted by Crippen LogP contribution is 2.32. The number of hydrogen-bond donors (Lipinski definition) is 2. The van der Waals surface area contributed by atoms with Crippen LogP contribution in [0.2, 0.25) is 0 Å². The third kappa shape index (κ3) is 4.76. The van der Waals surface area contributed by atoms with Crippen LogP contribution < -0.4 is 20.1 Å². The highest BCUT2D eigenvalue weighted by Gasteiger charge is 2.24. The summed E-state index contributed by atoms with van der Waals surface area (Å²) in [6.45, 7) is 4.81. The van der Waals surface area contributed by atoms with E-state index >= 15 is 0 Å². The van der Waals surface area contributed by atoms with Crippen LogP contribution in [0.25, 0.3) is 0 Å². The van der Waals surface area contributed by atoms with E-state index in [9.17, 15) is 0 Å². The van der Waals surface area contributed by atoms with E-state index in [-0.39, 0.29) is 0 Å². The number of fused-ring (bicyclic) bond motifs is 1. The van der Waals surface area contributed by atoms with Crippen LogP contribution in [0.3, 0.4) is 0 Å². The van der Waals surface area contributed by atoms with Crippen LogP contribution in [-0.2, 0) is 11.3 Å². The predicted molar refractivity (Wildman–Crippen MR) is 97.2 cm³/mol. The van der Waals surface area contributed by atoms with E-state index in [1.54, 1.807) is 14.2 Å². The maximum absolute atomic E-state index is 5.42. The second-order valence-electron chi connectivity index (χ2n) is 6.32. The summed E-state index contributed by atoms with van der Waals surface area (Å²) in [5.41, 5.74) is 1.13. The van der Waals surface area contributed by atoms with Gasteiger partial charge in [0.15, 0.2) is 17.5 Å². The summed E-state index contributed by atoms with van der Waals surface area (Å²) in [5.74, 6) is 2.43.